The van der Waals surface area contributed by atoms with Crippen molar-refractivity contribution in [3.05, 3.63) is 100 Å². The summed E-state index contributed by atoms with van der Waals surface area (Å²) in [5.41, 5.74) is 5.08. The lowest BCUT2D eigenvalue weighted by molar-refractivity contribution is 0.628. The van der Waals surface area contributed by atoms with Gasteiger partial charge in [0.05, 0.1) is 16.6 Å². The first-order valence-electron chi connectivity index (χ1n) is 10.4. The molecule has 0 N–H and O–H groups in total. The number of halogens is 1. The van der Waals surface area contributed by atoms with E-state index in [1.807, 2.05) is 37.4 Å². The Kier molecular flexibility index (Phi) is 4.82. The van der Waals surface area contributed by atoms with Crippen molar-refractivity contribution >= 4 is 16.6 Å². The van der Waals surface area contributed by atoms with Crippen molar-refractivity contribution in [2.45, 2.75) is 26.3 Å². The van der Waals surface area contributed by atoms with Crippen LogP contribution in [0.5, 0.6) is 0 Å². The first-order chi connectivity index (χ1) is 15.2. The molecule has 5 nitrogen and oxygen atoms in total. The summed E-state index contributed by atoms with van der Waals surface area (Å²) < 4.78 is 16.9. The van der Waals surface area contributed by atoms with Crippen molar-refractivity contribution in [2.24, 2.45) is 0 Å². The number of hydrogen-bond acceptors (Lipinski definition) is 3. The Balaban J connectivity index is 1.61. The lowest BCUT2D eigenvalue weighted by Gasteiger charge is -2.08. The predicted octanol–water partition coefficient (Wildman–Crippen LogP) is 4.66. The molecule has 3 aromatic heterocycles. The summed E-state index contributed by atoms with van der Waals surface area (Å²) in [5, 5.41) is 5.26. The van der Waals surface area contributed by atoms with Gasteiger partial charge in [-0.25, -0.2) is 13.9 Å². The van der Waals surface area contributed by atoms with E-state index in [0.29, 0.717) is 29.5 Å². The van der Waals surface area contributed by atoms with Gasteiger partial charge < -0.3 is 4.57 Å². The molecule has 5 aromatic rings. The van der Waals surface area contributed by atoms with Gasteiger partial charge in [-0.3, -0.25) is 4.79 Å². The van der Waals surface area contributed by atoms with Crippen molar-refractivity contribution in [3.63, 3.8) is 0 Å². The summed E-state index contributed by atoms with van der Waals surface area (Å²) in [6, 6.07) is 18.4. The molecular weight excluding hydrogens is 391 g/mol. The van der Waals surface area contributed by atoms with Gasteiger partial charge in [-0.2, -0.15) is 5.10 Å². The van der Waals surface area contributed by atoms with Gasteiger partial charge in [0.25, 0.3) is 5.56 Å². The van der Waals surface area contributed by atoms with Crippen LogP contribution in [0.4, 0.5) is 4.39 Å². The molecule has 0 amide bonds. The molecule has 0 fully saturated rings. The normalized spacial score (nSPS) is 11.4. The highest BCUT2D eigenvalue weighted by Crippen LogP contribution is 2.29. The number of pyridine rings is 1. The number of hydrogen-bond donors (Lipinski definition) is 0. The lowest BCUT2D eigenvalue weighted by atomic mass is 10.0. The maximum Gasteiger partial charge on any atom is 0.261 e. The van der Waals surface area contributed by atoms with Crippen LogP contribution in [-0.4, -0.2) is 19.2 Å². The molecule has 0 atom stereocenters. The zero-order valence-electron chi connectivity index (χ0n) is 17.1. The molecule has 6 heteroatoms. The molecule has 0 unspecified atom stereocenters. The Hall–Kier alpha value is -3.80. The second-order valence-electron chi connectivity index (χ2n) is 7.52. The van der Waals surface area contributed by atoms with Gasteiger partial charge in [0, 0.05) is 24.5 Å². The first-order valence-corrected chi connectivity index (χ1v) is 10.4. The molecule has 0 aliphatic rings. The van der Waals surface area contributed by atoms with Crippen LogP contribution in [0.3, 0.4) is 0 Å². The molecule has 0 aliphatic carbocycles. The molecule has 3 heterocycles. The van der Waals surface area contributed by atoms with Crippen molar-refractivity contribution < 1.29 is 4.39 Å². The minimum atomic E-state index is -0.285. The zero-order valence-corrected chi connectivity index (χ0v) is 17.1. The second-order valence-corrected chi connectivity index (χ2v) is 7.52. The fraction of sp³-hybridized carbons (Fsp3) is 0.160. The first kappa shape index (κ1) is 19.2. The summed E-state index contributed by atoms with van der Waals surface area (Å²) in [6.07, 6.45) is 4.92. The SMILES string of the molecule is CCc1nn2c(ncc3c(=O)n(CCc4ccccc4)ccc32)c1-c1ccc(F)cc1. The van der Waals surface area contributed by atoms with E-state index in [1.165, 1.54) is 17.7 Å². The van der Waals surface area contributed by atoms with Gasteiger partial charge in [0.2, 0.25) is 0 Å². The highest BCUT2D eigenvalue weighted by Gasteiger charge is 2.17. The third-order valence-corrected chi connectivity index (χ3v) is 5.61. The highest BCUT2D eigenvalue weighted by atomic mass is 19.1. The van der Waals surface area contributed by atoms with Crippen LogP contribution < -0.4 is 5.56 Å². The number of aromatic nitrogens is 4. The van der Waals surface area contributed by atoms with Gasteiger partial charge in [0.15, 0.2) is 5.65 Å². The smallest absolute Gasteiger partial charge is 0.261 e. The van der Waals surface area contributed by atoms with E-state index >= 15 is 0 Å². The van der Waals surface area contributed by atoms with Gasteiger partial charge in [0.1, 0.15) is 5.82 Å². The van der Waals surface area contributed by atoms with Gasteiger partial charge in [-0.05, 0) is 42.2 Å². The lowest BCUT2D eigenvalue weighted by Crippen LogP contribution is -2.21. The maximum absolute atomic E-state index is 13.4. The Morgan fingerprint density at radius 1 is 1.00 bits per heavy atom. The molecule has 0 saturated carbocycles. The van der Waals surface area contributed by atoms with Crippen molar-refractivity contribution in [1.29, 1.82) is 0 Å². The Labute approximate surface area is 178 Å². The molecule has 0 radical (unpaired) electrons. The van der Waals surface area contributed by atoms with E-state index in [1.54, 1.807) is 27.4 Å². The van der Waals surface area contributed by atoms with E-state index in [9.17, 15) is 9.18 Å². The van der Waals surface area contributed by atoms with Crippen LogP contribution in [0.25, 0.3) is 27.7 Å². The van der Waals surface area contributed by atoms with E-state index in [-0.39, 0.29) is 11.4 Å². The molecule has 0 saturated heterocycles. The molecule has 0 bridgehead atoms. The van der Waals surface area contributed by atoms with Crippen molar-refractivity contribution in [2.75, 3.05) is 0 Å². The Morgan fingerprint density at radius 3 is 2.52 bits per heavy atom. The van der Waals surface area contributed by atoms with E-state index < -0.39 is 0 Å². The van der Waals surface area contributed by atoms with Crippen LogP contribution >= 0.6 is 0 Å². The third kappa shape index (κ3) is 3.40. The molecule has 2 aromatic carbocycles. The Bertz CT molecular complexity index is 1440. The van der Waals surface area contributed by atoms with E-state index in [4.69, 9.17) is 5.10 Å². The van der Waals surface area contributed by atoms with Crippen LogP contribution in [-0.2, 0) is 19.4 Å². The van der Waals surface area contributed by atoms with Crippen molar-refractivity contribution in [3.8, 4) is 11.1 Å². The van der Waals surface area contributed by atoms with Gasteiger partial charge in [-0.15, -0.1) is 0 Å². The topological polar surface area (TPSA) is 52.2 Å². The quantitative estimate of drug-likeness (QED) is 0.422. The summed E-state index contributed by atoms with van der Waals surface area (Å²) in [6.45, 7) is 2.62. The van der Waals surface area contributed by atoms with Crippen LogP contribution in [0.1, 0.15) is 18.2 Å². The minimum absolute atomic E-state index is 0.0836. The van der Waals surface area contributed by atoms with E-state index in [0.717, 1.165) is 23.2 Å². The van der Waals surface area contributed by atoms with Crippen LogP contribution in [0.2, 0.25) is 0 Å². The van der Waals surface area contributed by atoms with Gasteiger partial charge >= 0.3 is 0 Å². The molecule has 31 heavy (non-hydrogen) atoms. The van der Waals surface area contributed by atoms with Gasteiger partial charge in [-0.1, -0.05) is 49.4 Å². The predicted molar refractivity (Wildman–Crippen MR) is 120 cm³/mol. The zero-order chi connectivity index (χ0) is 21.4. The summed E-state index contributed by atoms with van der Waals surface area (Å²) in [4.78, 5) is 17.7. The summed E-state index contributed by atoms with van der Waals surface area (Å²) in [7, 11) is 0. The number of rotatable bonds is 5. The number of fused-ring (bicyclic) bond motifs is 3. The standard InChI is InChI=1S/C25H21FN4O/c1-2-21-23(18-8-10-19(26)11-9-18)24-27-16-20-22(30(24)28-21)13-15-29(25(20)31)14-12-17-6-4-3-5-7-17/h3-11,13,15-16H,2,12,14H2,1H3. The monoisotopic (exact) mass is 412 g/mol. The largest absolute Gasteiger partial charge is 0.314 e. The highest BCUT2D eigenvalue weighted by molar-refractivity contribution is 5.86. The maximum atomic E-state index is 13.4. The minimum Gasteiger partial charge on any atom is -0.314 e. The van der Waals surface area contributed by atoms with Crippen LogP contribution in [0.15, 0.2) is 77.9 Å². The molecule has 154 valence electrons. The average Bonchev–Trinajstić information content (AvgIpc) is 3.19. The molecule has 5 rings (SSSR count). The van der Waals surface area contributed by atoms with E-state index in [2.05, 4.69) is 17.1 Å². The van der Waals surface area contributed by atoms with Crippen molar-refractivity contribution in [1.82, 2.24) is 19.2 Å². The third-order valence-electron chi connectivity index (χ3n) is 5.61. The fourth-order valence-electron chi connectivity index (χ4n) is 3.98. The van der Waals surface area contributed by atoms with Crippen LogP contribution in [0, 0.1) is 5.82 Å². The number of benzene rings is 2. The fourth-order valence-corrected chi connectivity index (χ4v) is 3.98. The molecule has 0 aliphatic heterocycles. The Morgan fingerprint density at radius 2 is 1.77 bits per heavy atom. The summed E-state index contributed by atoms with van der Waals surface area (Å²) >= 11 is 0. The average molecular weight is 412 g/mol. The molecular formula is C25H21FN4O. The number of nitrogens with zero attached hydrogens (tertiary/aromatic N) is 4. The summed E-state index contributed by atoms with van der Waals surface area (Å²) in [5.74, 6) is -0.285. The molecule has 0 spiro atoms. The number of aryl methyl sites for hydroxylation is 3. The second kappa shape index (κ2) is 7.80.